The summed E-state index contributed by atoms with van der Waals surface area (Å²) in [5, 5.41) is 2.58. The number of thioether (sulfide) groups is 1. The van der Waals surface area contributed by atoms with Gasteiger partial charge in [0.2, 0.25) is 5.91 Å². The van der Waals surface area contributed by atoms with E-state index in [-0.39, 0.29) is 11.7 Å². The maximum atomic E-state index is 12.1. The molecule has 1 amide bonds. The molecule has 0 radical (unpaired) electrons. The molecule has 0 bridgehead atoms. The molecule has 0 aliphatic carbocycles. The van der Waals surface area contributed by atoms with Gasteiger partial charge >= 0.3 is 6.36 Å². The third kappa shape index (κ3) is 4.92. The SMILES string of the molecule is CSc1cc(OC(F)(F)F)cnc1NC(=O)C(C)(C)C. The Balaban J connectivity index is 2.97. The highest BCUT2D eigenvalue weighted by atomic mass is 32.2. The van der Waals surface area contributed by atoms with Crippen molar-refractivity contribution in [2.24, 2.45) is 5.41 Å². The number of nitrogens with one attached hydrogen (secondary N) is 1. The molecule has 1 N–H and O–H groups in total. The first-order chi connectivity index (χ1) is 9.03. The average molecular weight is 308 g/mol. The lowest BCUT2D eigenvalue weighted by Crippen LogP contribution is -2.28. The zero-order valence-electron chi connectivity index (χ0n) is 11.5. The van der Waals surface area contributed by atoms with Crippen molar-refractivity contribution in [1.82, 2.24) is 4.98 Å². The monoisotopic (exact) mass is 308 g/mol. The van der Waals surface area contributed by atoms with Crippen molar-refractivity contribution >= 4 is 23.5 Å². The molecule has 4 nitrogen and oxygen atoms in total. The largest absolute Gasteiger partial charge is 0.573 e. The number of carbonyl (C=O) groups excluding carboxylic acids is 1. The van der Waals surface area contributed by atoms with Crippen LogP contribution in [0.5, 0.6) is 5.75 Å². The molecular weight excluding hydrogens is 293 g/mol. The van der Waals surface area contributed by atoms with Crippen molar-refractivity contribution in [3.63, 3.8) is 0 Å². The van der Waals surface area contributed by atoms with Crippen LogP contribution < -0.4 is 10.1 Å². The second kappa shape index (κ2) is 5.90. The molecule has 1 heterocycles. The number of aromatic nitrogens is 1. The number of nitrogens with zero attached hydrogens (tertiary/aromatic N) is 1. The summed E-state index contributed by atoms with van der Waals surface area (Å²) in [5.41, 5.74) is -0.626. The van der Waals surface area contributed by atoms with E-state index in [2.05, 4.69) is 15.0 Å². The Morgan fingerprint density at radius 2 is 1.95 bits per heavy atom. The molecule has 1 aromatic heterocycles. The van der Waals surface area contributed by atoms with Gasteiger partial charge in [0.05, 0.1) is 11.1 Å². The fourth-order valence-electron chi connectivity index (χ4n) is 1.16. The van der Waals surface area contributed by atoms with E-state index in [1.165, 1.54) is 6.07 Å². The first kappa shape index (κ1) is 16.6. The van der Waals surface area contributed by atoms with Gasteiger partial charge in [-0.3, -0.25) is 4.79 Å². The summed E-state index contributed by atoms with van der Waals surface area (Å²) in [6.45, 7) is 5.17. The van der Waals surface area contributed by atoms with Crippen molar-refractivity contribution in [1.29, 1.82) is 0 Å². The van der Waals surface area contributed by atoms with E-state index in [0.29, 0.717) is 4.90 Å². The number of carbonyl (C=O) groups is 1. The Morgan fingerprint density at radius 1 is 1.35 bits per heavy atom. The first-order valence-corrected chi connectivity index (χ1v) is 6.86. The van der Waals surface area contributed by atoms with Crippen LogP contribution in [0.15, 0.2) is 17.2 Å². The minimum absolute atomic E-state index is 0.215. The second-order valence-electron chi connectivity index (χ2n) is 4.97. The molecule has 0 unspecified atom stereocenters. The van der Waals surface area contributed by atoms with Gasteiger partial charge in [0.1, 0.15) is 11.6 Å². The van der Waals surface area contributed by atoms with Crippen LogP contribution in [-0.2, 0) is 4.79 Å². The molecule has 1 aromatic rings. The number of halogens is 3. The van der Waals surface area contributed by atoms with Crippen LogP contribution in [0.4, 0.5) is 19.0 Å². The molecule has 0 aliphatic heterocycles. The predicted octanol–water partition coefficient (Wildman–Crippen LogP) is 3.69. The van der Waals surface area contributed by atoms with Crippen LogP contribution in [0, 0.1) is 5.41 Å². The van der Waals surface area contributed by atoms with Crippen molar-refractivity contribution in [3.8, 4) is 5.75 Å². The number of rotatable bonds is 3. The highest BCUT2D eigenvalue weighted by molar-refractivity contribution is 7.98. The van der Waals surface area contributed by atoms with Gasteiger partial charge in [0.15, 0.2) is 0 Å². The number of hydrogen-bond donors (Lipinski definition) is 1. The fourth-order valence-corrected chi connectivity index (χ4v) is 1.69. The van der Waals surface area contributed by atoms with Crippen molar-refractivity contribution in [3.05, 3.63) is 12.3 Å². The van der Waals surface area contributed by atoms with Crippen molar-refractivity contribution in [2.45, 2.75) is 32.0 Å². The Morgan fingerprint density at radius 3 is 2.40 bits per heavy atom. The van der Waals surface area contributed by atoms with Gasteiger partial charge in [-0.15, -0.1) is 24.9 Å². The van der Waals surface area contributed by atoms with Gasteiger partial charge in [-0.25, -0.2) is 4.98 Å². The molecule has 0 aliphatic rings. The number of ether oxygens (including phenoxy) is 1. The summed E-state index contributed by atoms with van der Waals surface area (Å²) in [6, 6.07) is 1.18. The van der Waals surface area contributed by atoms with Crippen LogP contribution >= 0.6 is 11.8 Å². The summed E-state index contributed by atoms with van der Waals surface area (Å²) in [5.74, 6) is -0.479. The number of pyridine rings is 1. The van der Waals surface area contributed by atoms with Crippen LogP contribution in [-0.4, -0.2) is 23.5 Å². The molecule has 0 atom stereocenters. The Hall–Kier alpha value is -1.44. The zero-order chi connectivity index (χ0) is 15.6. The van der Waals surface area contributed by atoms with Gasteiger partial charge in [0.25, 0.3) is 0 Å². The van der Waals surface area contributed by atoms with Crippen molar-refractivity contribution < 1.29 is 22.7 Å². The summed E-state index contributed by atoms with van der Waals surface area (Å²) in [4.78, 5) is 16.0. The molecule has 112 valence electrons. The lowest BCUT2D eigenvalue weighted by Gasteiger charge is -2.18. The minimum Gasteiger partial charge on any atom is -0.404 e. The predicted molar refractivity (Wildman–Crippen MR) is 70.8 cm³/mol. The van der Waals surface area contributed by atoms with E-state index in [0.717, 1.165) is 18.0 Å². The molecule has 1 rings (SSSR count). The molecule has 20 heavy (non-hydrogen) atoms. The number of anilines is 1. The first-order valence-electron chi connectivity index (χ1n) is 5.64. The maximum absolute atomic E-state index is 12.1. The standard InChI is InChI=1S/C12H15F3N2O2S/c1-11(2,3)10(18)17-9-8(20-4)5-7(6-16-9)19-12(13,14)15/h5-6H,1-4H3,(H,16,17,18). The highest BCUT2D eigenvalue weighted by Gasteiger charge is 2.31. The molecule has 0 spiro atoms. The Bertz CT molecular complexity index is 498. The molecule has 0 saturated heterocycles. The third-order valence-electron chi connectivity index (χ3n) is 2.19. The fraction of sp³-hybridized carbons (Fsp3) is 0.500. The number of amides is 1. The molecule has 0 aromatic carbocycles. The maximum Gasteiger partial charge on any atom is 0.573 e. The van der Waals surface area contributed by atoms with Crippen LogP contribution in [0.25, 0.3) is 0 Å². The van der Waals surface area contributed by atoms with E-state index in [1.807, 2.05) is 0 Å². The summed E-state index contributed by atoms with van der Waals surface area (Å²) < 4.78 is 40.1. The summed E-state index contributed by atoms with van der Waals surface area (Å²) >= 11 is 1.16. The topological polar surface area (TPSA) is 51.2 Å². The summed E-state index contributed by atoms with van der Waals surface area (Å²) in [7, 11) is 0. The number of alkyl halides is 3. The third-order valence-corrected chi connectivity index (χ3v) is 2.95. The van der Waals surface area contributed by atoms with Crippen LogP contribution in [0.3, 0.4) is 0 Å². The smallest absolute Gasteiger partial charge is 0.404 e. The molecular formula is C12H15F3N2O2S. The molecule has 8 heteroatoms. The van der Waals surface area contributed by atoms with E-state index in [9.17, 15) is 18.0 Å². The Labute approximate surface area is 119 Å². The lowest BCUT2D eigenvalue weighted by atomic mass is 9.96. The van der Waals surface area contributed by atoms with Gasteiger partial charge < -0.3 is 10.1 Å². The van der Waals surface area contributed by atoms with Crippen LogP contribution in [0.1, 0.15) is 20.8 Å². The van der Waals surface area contributed by atoms with Gasteiger partial charge in [-0.1, -0.05) is 20.8 Å². The second-order valence-corrected chi connectivity index (χ2v) is 5.82. The van der Waals surface area contributed by atoms with E-state index >= 15 is 0 Å². The molecule has 0 fully saturated rings. The van der Waals surface area contributed by atoms with E-state index in [1.54, 1.807) is 27.0 Å². The average Bonchev–Trinajstić information content (AvgIpc) is 2.27. The van der Waals surface area contributed by atoms with Gasteiger partial charge in [0, 0.05) is 5.41 Å². The normalized spacial score (nSPS) is 12.2. The van der Waals surface area contributed by atoms with Crippen molar-refractivity contribution in [2.75, 3.05) is 11.6 Å². The van der Waals surface area contributed by atoms with Crippen LogP contribution in [0.2, 0.25) is 0 Å². The van der Waals surface area contributed by atoms with Gasteiger partial charge in [-0.2, -0.15) is 0 Å². The summed E-state index contributed by atoms with van der Waals surface area (Å²) in [6.07, 6.45) is -2.18. The number of hydrogen-bond acceptors (Lipinski definition) is 4. The molecule has 0 saturated carbocycles. The van der Waals surface area contributed by atoms with E-state index in [4.69, 9.17) is 0 Å². The highest BCUT2D eigenvalue weighted by Crippen LogP contribution is 2.31. The zero-order valence-corrected chi connectivity index (χ0v) is 12.3. The quantitative estimate of drug-likeness (QED) is 0.865. The van der Waals surface area contributed by atoms with E-state index < -0.39 is 17.5 Å². The minimum atomic E-state index is -4.77. The van der Waals surface area contributed by atoms with Gasteiger partial charge in [-0.05, 0) is 12.3 Å². The lowest BCUT2D eigenvalue weighted by molar-refractivity contribution is -0.274. The Kier molecular flexibility index (Phi) is 4.90.